The third kappa shape index (κ3) is 9.04. The third-order valence-electron chi connectivity index (χ3n) is 6.09. The lowest BCUT2D eigenvalue weighted by molar-refractivity contribution is -0.142. The van der Waals surface area contributed by atoms with Gasteiger partial charge in [0.05, 0.1) is 25.6 Å². The lowest BCUT2D eigenvalue weighted by Gasteiger charge is -2.23. The summed E-state index contributed by atoms with van der Waals surface area (Å²) in [4.78, 5) is 45.0. The van der Waals surface area contributed by atoms with Gasteiger partial charge in [0, 0.05) is 24.6 Å². The molecule has 0 unspecified atom stereocenters. The van der Waals surface area contributed by atoms with Crippen LogP contribution in [-0.2, 0) is 33.8 Å². The molecular formula is C31H38N2O7S. The van der Waals surface area contributed by atoms with Crippen LogP contribution in [0.4, 0.5) is 0 Å². The van der Waals surface area contributed by atoms with Crippen LogP contribution in [0.3, 0.4) is 0 Å². The second-order valence-electron chi connectivity index (χ2n) is 10.5. The Labute approximate surface area is 245 Å². The fraction of sp³-hybridized carbons (Fsp3) is 0.419. The number of hydrogen-bond donors (Lipinski definition) is 0. The highest BCUT2D eigenvalue weighted by molar-refractivity contribution is 7.11. The highest BCUT2D eigenvalue weighted by Crippen LogP contribution is 2.31. The number of nitrogens with zero attached hydrogens (tertiary/aromatic N) is 2. The van der Waals surface area contributed by atoms with Crippen molar-refractivity contribution in [1.82, 2.24) is 9.88 Å². The first-order valence-corrected chi connectivity index (χ1v) is 14.1. The van der Waals surface area contributed by atoms with Crippen LogP contribution in [0.15, 0.2) is 42.5 Å². The smallest absolute Gasteiger partial charge is 0.358 e. The summed E-state index contributed by atoms with van der Waals surface area (Å²) in [7, 11) is 3.10. The molecule has 0 radical (unpaired) electrons. The van der Waals surface area contributed by atoms with Gasteiger partial charge in [0.2, 0.25) is 0 Å². The summed E-state index contributed by atoms with van der Waals surface area (Å²) < 4.78 is 21.7. The molecule has 0 N–H and O–H groups in total. The molecule has 0 spiro atoms. The van der Waals surface area contributed by atoms with Crippen molar-refractivity contribution in [3.8, 4) is 11.5 Å². The van der Waals surface area contributed by atoms with Crippen molar-refractivity contribution in [2.45, 2.75) is 66.2 Å². The number of benzene rings is 2. The Hall–Kier alpha value is -3.92. The van der Waals surface area contributed by atoms with Gasteiger partial charge in [-0.15, -0.1) is 11.3 Å². The molecule has 1 amide bonds. The summed E-state index contributed by atoms with van der Waals surface area (Å²) >= 11 is 1.21. The molecule has 1 aromatic heterocycles. The van der Waals surface area contributed by atoms with Gasteiger partial charge in [-0.05, 0) is 58.2 Å². The van der Waals surface area contributed by atoms with E-state index in [2.05, 4.69) is 17.1 Å². The Balaban J connectivity index is 1.94. The molecule has 0 aliphatic rings. The number of aromatic nitrogens is 1. The average Bonchev–Trinajstić information content (AvgIpc) is 3.33. The van der Waals surface area contributed by atoms with Gasteiger partial charge in [0.15, 0.2) is 5.69 Å². The Morgan fingerprint density at radius 2 is 1.63 bits per heavy atom. The van der Waals surface area contributed by atoms with Gasteiger partial charge in [-0.1, -0.05) is 30.3 Å². The molecule has 220 valence electrons. The second-order valence-corrected chi connectivity index (χ2v) is 11.7. The summed E-state index contributed by atoms with van der Waals surface area (Å²) in [5, 5.41) is 0.520. The SMILES string of the molecule is COc1cc(C(=O)N(CCCc2ccccc2)Cc2nc(C(=O)OC(C)(C)C)c(COC(C)=O)s2)cc(OC)c1C. The van der Waals surface area contributed by atoms with Crippen LogP contribution in [0.1, 0.15) is 76.0 Å². The molecule has 3 rings (SSSR count). The van der Waals surface area contributed by atoms with Crippen LogP contribution >= 0.6 is 11.3 Å². The molecule has 10 heteroatoms. The van der Waals surface area contributed by atoms with Crippen LogP contribution in [0.2, 0.25) is 0 Å². The Morgan fingerprint density at radius 1 is 1.00 bits per heavy atom. The number of carbonyl (C=O) groups excluding carboxylic acids is 3. The number of methoxy groups -OCH3 is 2. The zero-order valence-corrected chi connectivity index (χ0v) is 25.6. The topological polar surface area (TPSA) is 104 Å². The van der Waals surface area contributed by atoms with Gasteiger partial charge in [-0.25, -0.2) is 9.78 Å². The van der Waals surface area contributed by atoms with Gasteiger partial charge in [0.25, 0.3) is 5.91 Å². The summed E-state index contributed by atoms with van der Waals surface area (Å²) in [5.41, 5.74) is 1.72. The lowest BCUT2D eigenvalue weighted by Crippen LogP contribution is -2.32. The van der Waals surface area contributed by atoms with Crippen LogP contribution in [0.5, 0.6) is 11.5 Å². The normalized spacial score (nSPS) is 11.1. The van der Waals surface area contributed by atoms with E-state index in [4.69, 9.17) is 18.9 Å². The van der Waals surface area contributed by atoms with Crippen molar-refractivity contribution >= 4 is 29.2 Å². The molecule has 0 aliphatic carbocycles. The van der Waals surface area contributed by atoms with Crippen LogP contribution in [-0.4, -0.2) is 54.1 Å². The third-order valence-corrected chi connectivity index (χ3v) is 7.10. The lowest BCUT2D eigenvalue weighted by atomic mass is 10.1. The number of aryl methyl sites for hydroxylation is 1. The van der Waals surface area contributed by atoms with Crippen molar-refractivity contribution < 1.29 is 33.3 Å². The fourth-order valence-electron chi connectivity index (χ4n) is 4.15. The number of esters is 2. The zero-order chi connectivity index (χ0) is 30.2. The first-order chi connectivity index (χ1) is 19.4. The van der Waals surface area contributed by atoms with Gasteiger partial charge in [-0.3, -0.25) is 9.59 Å². The largest absolute Gasteiger partial charge is 0.496 e. The van der Waals surface area contributed by atoms with E-state index in [0.29, 0.717) is 39.9 Å². The summed E-state index contributed by atoms with van der Waals surface area (Å²) in [6, 6.07) is 13.4. The first kappa shape index (κ1) is 31.6. The van der Waals surface area contributed by atoms with Gasteiger partial charge < -0.3 is 23.8 Å². The van der Waals surface area contributed by atoms with E-state index >= 15 is 0 Å². The molecule has 0 bridgehead atoms. The van der Waals surface area contributed by atoms with E-state index in [-0.39, 0.29) is 24.8 Å². The number of ether oxygens (including phenoxy) is 4. The quantitative estimate of drug-likeness (QED) is 0.248. The fourth-order valence-corrected chi connectivity index (χ4v) is 5.13. The molecule has 0 saturated heterocycles. The van der Waals surface area contributed by atoms with Crippen LogP contribution in [0, 0.1) is 6.92 Å². The van der Waals surface area contributed by atoms with E-state index in [1.54, 1.807) is 52.0 Å². The van der Waals surface area contributed by atoms with E-state index in [0.717, 1.165) is 12.0 Å². The Bertz CT molecular complexity index is 1340. The molecule has 0 aliphatic heterocycles. The Morgan fingerprint density at radius 3 is 2.20 bits per heavy atom. The summed E-state index contributed by atoms with van der Waals surface area (Å²) in [5.74, 6) is -0.235. The minimum absolute atomic E-state index is 0.0801. The number of hydrogen-bond acceptors (Lipinski definition) is 9. The van der Waals surface area contributed by atoms with E-state index in [1.165, 1.54) is 23.8 Å². The first-order valence-electron chi connectivity index (χ1n) is 13.3. The molecule has 9 nitrogen and oxygen atoms in total. The molecule has 1 heterocycles. The van der Waals surface area contributed by atoms with Crippen molar-refractivity contribution in [3.05, 3.63) is 74.7 Å². The van der Waals surface area contributed by atoms with Gasteiger partial charge in [0.1, 0.15) is 28.7 Å². The minimum Gasteiger partial charge on any atom is -0.496 e. The van der Waals surface area contributed by atoms with Crippen molar-refractivity contribution in [2.24, 2.45) is 0 Å². The number of carbonyl (C=O) groups is 3. The number of rotatable bonds is 12. The maximum absolute atomic E-state index is 13.9. The van der Waals surface area contributed by atoms with Crippen molar-refractivity contribution in [3.63, 3.8) is 0 Å². The summed E-state index contributed by atoms with van der Waals surface area (Å²) in [6.45, 7) is 8.92. The predicted octanol–water partition coefficient (Wildman–Crippen LogP) is 5.76. The standard InChI is InChI=1S/C31H38N2O7S/c1-20-24(37-6)16-23(17-25(20)38-7)29(35)33(15-11-14-22-12-9-8-10-13-22)18-27-32-28(30(36)40-31(3,4)5)26(41-27)19-39-21(2)34/h8-10,12-13,16-17H,11,14-15,18-19H2,1-7H3. The Kier molecular flexibility index (Phi) is 10.9. The highest BCUT2D eigenvalue weighted by atomic mass is 32.1. The molecule has 41 heavy (non-hydrogen) atoms. The van der Waals surface area contributed by atoms with E-state index in [9.17, 15) is 14.4 Å². The zero-order valence-electron chi connectivity index (χ0n) is 24.7. The van der Waals surface area contributed by atoms with Crippen LogP contribution < -0.4 is 9.47 Å². The van der Waals surface area contributed by atoms with Crippen molar-refractivity contribution in [1.29, 1.82) is 0 Å². The van der Waals surface area contributed by atoms with Crippen LogP contribution in [0.25, 0.3) is 0 Å². The monoisotopic (exact) mass is 582 g/mol. The van der Waals surface area contributed by atoms with Gasteiger partial charge in [-0.2, -0.15) is 0 Å². The average molecular weight is 583 g/mol. The highest BCUT2D eigenvalue weighted by Gasteiger charge is 2.27. The molecule has 0 atom stereocenters. The molecule has 2 aromatic carbocycles. The summed E-state index contributed by atoms with van der Waals surface area (Å²) in [6.07, 6.45) is 1.49. The molecule has 0 saturated carbocycles. The maximum atomic E-state index is 13.9. The van der Waals surface area contributed by atoms with E-state index in [1.807, 2.05) is 25.1 Å². The molecular weight excluding hydrogens is 544 g/mol. The maximum Gasteiger partial charge on any atom is 0.358 e. The minimum atomic E-state index is -0.734. The van der Waals surface area contributed by atoms with Gasteiger partial charge >= 0.3 is 11.9 Å². The number of amides is 1. The molecule has 0 fully saturated rings. The van der Waals surface area contributed by atoms with E-state index < -0.39 is 17.5 Å². The number of thiazole rings is 1. The second kappa shape index (κ2) is 14.1. The van der Waals surface area contributed by atoms with Crippen molar-refractivity contribution in [2.75, 3.05) is 20.8 Å². The molecule has 3 aromatic rings. The predicted molar refractivity (Wildman–Crippen MR) is 157 cm³/mol.